The van der Waals surface area contributed by atoms with E-state index in [1.54, 1.807) is 34.2 Å². The van der Waals surface area contributed by atoms with Crippen LogP contribution >= 0.6 is 33.9 Å². The number of aromatic hydroxyl groups is 1. The van der Waals surface area contributed by atoms with Crippen LogP contribution < -0.4 is 5.56 Å². The van der Waals surface area contributed by atoms with Crippen LogP contribution in [0, 0.1) is 3.57 Å². The van der Waals surface area contributed by atoms with Gasteiger partial charge in [0.25, 0.3) is 5.56 Å². The molecule has 0 atom stereocenters. The van der Waals surface area contributed by atoms with Gasteiger partial charge in [0.1, 0.15) is 3.57 Å². The van der Waals surface area contributed by atoms with Gasteiger partial charge in [0, 0.05) is 11.6 Å². The SMILES string of the molecule is O=c1[nH]c(-c2nccs2)nc(O)c1I. The van der Waals surface area contributed by atoms with Gasteiger partial charge in [-0.3, -0.25) is 4.79 Å². The molecule has 14 heavy (non-hydrogen) atoms. The molecule has 0 aliphatic rings. The Balaban J connectivity index is 2.63. The summed E-state index contributed by atoms with van der Waals surface area (Å²) in [5.41, 5.74) is -0.358. The summed E-state index contributed by atoms with van der Waals surface area (Å²) in [4.78, 5) is 21.6. The highest BCUT2D eigenvalue weighted by molar-refractivity contribution is 14.1. The summed E-state index contributed by atoms with van der Waals surface area (Å²) in [7, 11) is 0. The number of thiazole rings is 1. The summed E-state index contributed by atoms with van der Waals surface area (Å²) in [5.74, 6) is 0.0301. The number of aromatic amines is 1. The first-order valence-corrected chi connectivity index (χ1v) is 5.53. The second-order valence-electron chi connectivity index (χ2n) is 2.39. The minimum Gasteiger partial charge on any atom is -0.492 e. The lowest BCUT2D eigenvalue weighted by Gasteiger charge is -1.97. The van der Waals surface area contributed by atoms with Crippen LogP contribution in [0.3, 0.4) is 0 Å². The summed E-state index contributed by atoms with van der Waals surface area (Å²) < 4.78 is 0.183. The van der Waals surface area contributed by atoms with E-state index in [0.717, 1.165) is 0 Å². The normalized spacial score (nSPS) is 10.4. The fourth-order valence-corrected chi connectivity index (χ4v) is 1.72. The Bertz CT molecular complexity index is 508. The maximum Gasteiger partial charge on any atom is 0.268 e. The average Bonchev–Trinajstić information content (AvgIpc) is 2.66. The molecule has 2 heterocycles. The first-order valence-electron chi connectivity index (χ1n) is 3.57. The molecule has 0 bridgehead atoms. The number of hydrogen-bond donors (Lipinski definition) is 2. The first kappa shape index (κ1) is 9.59. The van der Waals surface area contributed by atoms with E-state index >= 15 is 0 Å². The quantitative estimate of drug-likeness (QED) is 0.774. The van der Waals surface area contributed by atoms with E-state index in [1.165, 1.54) is 11.3 Å². The third kappa shape index (κ3) is 1.64. The van der Waals surface area contributed by atoms with E-state index < -0.39 is 0 Å². The lowest BCUT2D eigenvalue weighted by atomic mass is 10.5. The summed E-state index contributed by atoms with van der Waals surface area (Å²) in [5, 5.41) is 11.7. The van der Waals surface area contributed by atoms with Crippen molar-refractivity contribution in [3.05, 3.63) is 25.5 Å². The molecule has 2 aromatic heterocycles. The second kappa shape index (κ2) is 3.65. The van der Waals surface area contributed by atoms with Crippen LogP contribution in [-0.4, -0.2) is 20.1 Å². The van der Waals surface area contributed by atoms with Crippen molar-refractivity contribution >= 4 is 33.9 Å². The maximum atomic E-state index is 11.3. The van der Waals surface area contributed by atoms with Crippen molar-refractivity contribution in [1.29, 1.82) is 0 Å². The lowest BCUT2D eigenvalue weighted by molar-refractivity contribution is 0.447. The van der Waals surface area contributed by atoms with Crippen LogP contribution in [-0.2, 0) is 0 Å². The molecule has 7 heteroatoms. The fraction of sp³-hybridized carbons (Fsp3) is 0. The molecule has 5 nitrogen and oxygen atoms in total. The van der Waals surface area contributed by atoms with Crippen LogP contribution in [0.2, 0.25) is 0 Å². The monoisotopic (exact) mass is 321 g/mol. The molecule has 0 aliphatic carbocycles. The highest BCUT2D eigenvalue weighted by Gasteiger charge is 2.10. The van der Waals surface area contributed by atoms with E-state index in [9.17, 15) is 9.90 Å². The van der Waals surface area contributed by atoms with Crippen LogP contribution in [0.15, 0.2) is 16.4 Å². The van der Waals surface area contributed by atoms with Gasteiger partial charge >= 0.3 is 0 Å². The minimum atomic E-state index is -0.358. The average molecular weight is 321 g/mol. The van der Waals surface area contributed by atoms with Crippen molar-refractivity contribution in [3.63, 3.8) is 0 Å². The van der Waals surface area contributed by atoms with Crippen molar-refractivity contribution < 1.29 is 5.11 Å². The third-order valence-corrected chi connectivity index (χ3v) is 3.23. The molecule has 0 aliphatic heterocycles. The highest BCUT2D eigenvalue weighted by atomic mass is 127. The predicted molar refractivity (Wildman–Crippen MR) is 60.3 cm³/mol. The molecular weight excluding hydrogens is 317 g/mol. The van der Waals surface area contributed by atoms with Gasteiger partial charge in [0.2, 0.25) is 5.88 Å². The molecule has 0 saturated heterocycles. The zero-order valence-electron chi connectivity index (χ0n) is 6.69. The maximum absolute atomic E-state index is 11.3. The molecule has 0 spiro atoms. The molecule has 0 aromatic carbocycles. The fourth-order valence-electron chi connectivity index (χ4n) is 0.889. The molecule has 0 amide bonds. The van der Waals surface area contributed by atoms with Crippen LogP contribution in [0.1, 0.15) is 0 Å². The number of hydrogen-bond acceptors (Lipinski definition) is 5. The topological polar surface area (TPSA) is 78.9 Å². The van der Waals surface area contributed by atoms with Crippen molar-refractivity contribution in [2.24, 2.45) is 0 Å². The van der Waals surface area contributed by atoms with Crippen LogP contribution in [0.4, 0.5) is 0 Å². The zero-order chi connectivity index (χ0) is 10.1. The Morgan fingerprint density at radius 2 is 2.36 bits per heavy atom. The third-order valence-electron chi connectivity index (χ3n) is 1.48. The molecular formula is C7H4IN3O2S. The molecule has 0 fully saturated rings. The molecule has 2 rings (SSSR count). The number of halogens is 1. The van der Waals surface area contributed by atoms with E-state index in [2.05, 4.69) is 15.0 Å². The number of nitrogens with one attached hydrogen (secondary N) is 1. The van der Waals surface area contributed by atoms with Crippen LogP contribution in [0.5, 0.6) is 5.88 Å². The number of rotatable bonds is 1. The van der Waals surface area contributed by atoms with Gasteiger partial charge in [-0.2, -0.15) is 4.98 Å². The molecule has 2 N–H and O–H groups in total. The van der Waals surface area contributed by atoms with Gasteiger partial charge in [0.15, 0.2) is 10.8 Å². The Labute approximate surface area is 96.0 Å². The highest BCUT2D eigenvalue weighted by Crippen LogP contribution is 2.19. The zero-order valence-corrected chi connectivity index (χ0v) is 9.66. The molecule has 2 aromatic rings. The second-order valence-corrected chi connectivity index (χ2v) is 4.36. The standard InChI is InChI=1S/C7H4IN3O2S/c8-3-5(12)10-4(11-6(3)13)7-9-1-2-14-7/h1-2H,(H2,10,11,12,13). The predicted octanol–water partition coefficient (Wildman–Crippen LogP) is 1.20. The molecule has 0 unspecified atom stereocenters. The Kier molecular flexibility index (Phi) is 2.50. The lowest BCUT2D eigenvalue weighted by Crippen LogP contribution is -2.12. The van der Waals surface area contributed by atoms with Crippen molar-refractivity contribution in [2.75, 3.05) is 0 Å². The molecule has 72 valence electrons. The van der Waals surface area contributed by atoms with Gasteiger partial charge in [-0.1, -0.05) is 0 Å². The van der Waals surface area contributed by atoms with Gasteiger partial charge in [0.05, 0.1) is 0 Å². The van der Waals surface area contributed by atoms with Crippen LogP contribution in [0.25, 0.3) is 10.8 Å². The van der Waals surface area contributed by atoms with Gasteiger partial charge in [-0.05, 0) is 22.6 Å². The van der Waals surface area contributed by atoms with E-state index in [1.807, 2.05) is 0 Å². The van der Waals surface area contributed by atoms with Gasteiger partial charge < -0.3 is 10.1 Å². The molecule has 0 radical (unpaired) electrons. The van der Waals surface area contributed by atoms with Crippen molar-refractivity contribution in [2.45, 2.75) is 0 Å². The van der Waals surface area contributed by atoms with Crippen molar-refractivity contribution in [1.82, 2.24) is 15.0 Å². The first-order chi connectivity index (χ1) is 6.68. The Morgan fingerprint density at radius 3 is 2.93 bits per heavy atom. The smallest absolute Gasteiger partial charge is 0.268 e. The molecule has 0 saturated carbocycles. The number of aromatic nitrogens is 3. The largest absolute Gasteiger partial charge is 0.492 e. The summed E-state index contributed by atoms with van der Waals surface area (Å²) in [6.07, 6.45) is 1.61. The Hall–Kier alpha value is -0.960. The van der Waals surface area contributed by atoms with Gasteiger partial charge in [-0.25, -0.2) is 4.98 Å². The minimum absolute atomic E-state index is 0.183. The summed E-state index contributed by atoms with van der Waals surface area (Å²) >= 11 is 3.07. The Morgan fingerprint density at radius 1 is 1.57 bits per heavy atom. The number of H-pyrrole nitrogens is 1. The summed E-state index contributed by atoms with van der Waals surface area (Å²) in [6.45, 7) is 0. The van der Waals surface area contributed by atoms with E-state index in [4.69, 9.17) is 0 Å². The summed E-state index contributed by atoms with van der Waals surface area (Å²) in [6, 6.07) is 0. The van der Waals surface area contributed by atoms with Gasteiger partial charge in [-0.15, -0.1) is 11.3 Å². The van der Waals surface area contributed by atoms with Crippen molar-refractivity contribution in [3.8, 4) is 16.7 Å². The number of nitrogens with zero attached hydrogens (tertiary/aromatic N) is 2. The van der Waals surface area contributed by atoms with E-state index in [0.29, 0.717) is 10.8 Å². The van der Waals surface area contributed by atoms with E-state index in [-0.39, 0.29) is 15.0 Å².